The average Bonchev–Trinajstić information content (AvgIpc) is 2.87. The number of aromatic nitrogens is 2. The minimum Gasteiger partial charge on any atom is -0.338 e. The lowest BCUT2D eigenvalue weighted by Crippen LogP contribution is -2.37. The van der Waals surface area contributed by atoms with Crippen LogP contribution < -0.4 is 5.73 Å². The zero-order chi connectivity index (χ0) is 11.9. The van der Waals surface area contributed by atoms with E-state index in [1.54, 1.807) is 0 Å². The molecule has 1 aromatic heterocycles. The van der Waals surface area contributed by atoms with E-state index < -0.39 is 0 Å². The normalized spacial score (nSPS) is 22.7. The third-order valence-corrected chi connectivity index (χ3v) is 3.79. The van der Waals surface area contributed by atoms with Gasteiger partial charge in [0.05, 0.1) is 0 Å². The highest BCUT2D eigenvalue weighted by atomic mass is 15.0. The van der Waals surface area contributed by atoms with Gasteiger partial charge in [0.2, 0.25) is 0 Å². The maximum atomic E-state index is 6.58. The Morgan fingerprint density at radius 3 is 3.00 bits per heavy atom. The van der Waals surface area contributed by atoms with Crippen LogP contribution in [0.5, 0.6) is 0 Å². The van der Waals surface area contributed by atoms with Crippen molar-refractivity contribution in [2.24, 2.45) is 12.8 Å². The van der Waals surface area contributed by atoms with Crippen LogP contribution in [0.2, 0.25) is 0 Å². The topological polar surface area (TPSA) is 43.8 Å². The Hall–Kier alpha value is -1.61. The summed E-state index contributed by atoms with van der Waals surface area (Å²) >= 11 is 0. The molecule has 0 spiro atoms. The SMILES string of the molecule is Cn1ccnc1CC1(N)CCc2ccccc21. The highest BCUT2D eigenvalue weighted by Crippen LogP contribution is 2.36. The number of hydrogen-bond acceptors (Lipinski definition) is 2. The summed E-state index contributed by atoms with van der Waals surface area (Å²) in [7, 11) is 2.02. The van der Waals surface area contributed by atoms with Gasteiger partial charge in [-0.05, 0) is 24.0 Å². The Bertz CT molecular complexity index is 544. The van der Waals surface area contributed by atoms with Gasteiger partial charge in [0.15, 0.2) is 0 Å². The minimum absolute atomic E-state index is 0.240. The Morgan fingerprint density at radius 2 is 2.24 bits per heavy atom. The van der Waals surface area contributed by atoms with Gasteiger partial charge in [0.1, 0.15) is 5.82 Å². The van der Waals surface area contributed by atoms with Gasteiger partial charge in [0.25, 0.3) is 0 Å². The van der Waals surface area contributed by atoms with E-state index in [9.17, 15) is 0 Å². The minimum atomic E-state index is -0.240. The summed E-state index contributed by atoms with van der Waals surface area (Å²) in [5.41, 5.74) is 9.02. The van der Waals surface area contributed by atoms with Crippen LogP contribution in [0.15, 0.2) is 36.7 Å². The first kappa shape index (κ1) is 10.5. The first-order valence-electron chi connectivity index (χ1n) is 6.02. The maximum absolute atomic E-state index is 6.58. The number of nitrogens with zero attached hydrogens (tertiary/aromatic N) is 2. The van der Waals surface area contributed by atoms with Crippen LogP contribution in [0.4, 0.5) is 0 Å². The zero-order valence-corrected chi connectivity index (χ0v) is 10.1. The number of aryl methyl sites for hydroxylation is 2. The van der Waals surface area contributed by atoms with Gasteiger partial charge in [0, 0.05) is 31.4 Å². The second-order valence-electron chi connectivity index (χ2n) is 4.94. The molecule has 0 bridgehead atoms. The number of hydrogen-bond donors (Lipinski definition) is 1. The maximum Gasteiger partial charge on any atom is 0.110 e. The number of nitrogens with two attached hydrogens (primary N) is 1. The van der Waals surface area contributed by atoms with Gasteiger partial charge in [-0.1, -0.05) is 24.3 Å². The summed E-state index contributed by atoms with van der Waals surface area (Å²) in [5, 5.41) is 0. The molecule has 3 heteroatoms. The molecule has 1 unspecified atom stereocenters. The largest absolute Gasteiger partial charge is 0.338 e. The fourth-order valence-corrected chi connectivity index (χ4v) is 2.75. The average molecular weight is 227 g/mol. The van der Waals surface area contributed by atoms with Crippen LogP contribution in [0.3, 0.4) is 0 Å². The van der Waals surface area contributed by atoms with Crippen molar-refractivity contribution in [3.8, 4) is 0 Å². The van der Waals surface area contributed by atoms with Crippen molar-refractivity contribution >= 4 is 0 Å². The summed E-state index contributed by atoms with van der Waals surface area (Å²) < 4.78 is 2.05. The van der Waals surface area contributed by atoms with Gasteiger partial charge in [-0.25, -0.2) is 4.98 Å². The van der Waals surface area contributed by atoms with Crippen LogP contribution in [-0.2, 0) is 25.4 Å². The second-order valence-corrected chi connectivity index (χ2v) is 4.94. The van der Waals surface area contributed by atoms with E-state index in [0.29, 0.717) is 0 Å². The molecular weight excluding hydrogens is 210 g/mol. The van der Waals surface area contributed by atoms with Crippen molar-refractivity contribution in [3.63, 3.8) is 0 Å². The van der Waals surface area contributed by atoms with Crippen molar-refractivity contribution in [1.29, 1.82) is 0 Å². The van der Waals surface area contributed by atoms with Gasteiger partial charge < -0.3 is 10.3 Å². The Balaban J connectivity index is 1.96. The van der Waals surface area contributed by atoms with Crippen molar-refractivity contribution < 1.29 is 0 Å². The summed E-state index contributed by atoms with van der Waals surface area (Å²) in [4.78, 5) is 4.38. The Morgan fingerprint density at radius 1 is 1.41 bits per heavy atom. The van der Waals surface area contributed by atoms with Crippen molar-refractivity contribution in [2.45, 2.75) is 24.8 Å². The molecule has 1 aliphatic carbocycles. The van der Waals surface area contributed by atoms with Crippen LogP contribution in [0, 0.1) is 0 Å². The molecule has 1 aromatic carbocycles. The van der Waals surface area contributed by atoms with E-state index in [1.807, 2.05) is 19.4 Å². The molecule has 2 aromatic rings. The van der Waals surface area contributed by atoms with Gasteiger partial charge >= 0.3 is 0 Å². The van der Waals surface area contributed by atoms with E-state index >= 15 is 0 Å². The molecule has 1 atom stereocenters. The number of benzene rings is 1. The smallest absolute Gasteiger partial charge is 0.110 e. The fraction of sp³-hybridized carbons (Fsp3) is 0.357. The first-order valence-corrected chi connectivity index (χ1v) is 6.02. The van der Waals surface area contributed by atoms with Crippen LogP contribution >= 0.6 is 0 Å². The molecule has 0 saturated carbocycles. The van der Waals surface area contributed by atoms with Crippen LogP contribution in [0.25, 0.3) is 0 Å². The third kappa shape index (κ3) is 1.67. The molecule has 0 fully saturated rings. The Labute approximate surface area is 101 Å². The predicted octanol–water partition coefficient (Wildman–Crippen LogP) is 1.76. The molecule has 0 aliphatic heterocycles. The van der Waals surface area contributed by atoms with Crippen LogP contribution in [0.1, 0.15) is 23.4 Å². The number of imidazole rings is 1. The fourth-order valence-electron chi connectivity index (χ4n) is 2.75. The molecule has 1 aliphatic rings. The van der Waals surface area contributed by atoms with Gasteiger partial charge in [-0.3, -0.25) is 0 Å². The Kier molecular flexibility index (Phi) is 2.30. The molecular formula is C14H17N3. The first-order chi connectivity index (χ1) is 8.19. The highest BCUT2D eigenvalue weighted by Gasteiger charge is 2.35. The molecule has 3 rings (SSSR count). The lowest BCUT2D eigenvalue weighted by molar-refractivity contribution is 0.423. The van der Waals surface area contributed by atoms with E-state index in [-0.39, 0.29) is 5.54 Å². The predicted molar refractivity (Wildman–Crippen MR) is 67.5 cm³/mol. The summed E-state index contributed by atoms with van der Waals surface area (Å²) in [6.45, 7) is 0. The molecule has 0 radical (unpaired) electrons. The highest BCUT2D eigenvalue weighted by molar-refractivity contribution is 5.39. The van der Waals surface area contributed by atoms with Crippen LogP contribution in [-0.4, -0.2) is 9.55 Å². The summed E-state index contributed by atoms with van der Waals surface area (Å²) in [5.74, 6) is 1.06. The van der Waals surface area contributed by atoms with E-state index in [4.69, 9.17) is 5.73 Å². The van der Waals surface area contributed by atoms with Crippen molar-refractivity contribution in [1.82, 2.24) is 9.55 Å². The zero-order valence-electron chi connectivity index (χ0n) is 10.1. The quantitative estimate of drug-likeness (QED) is 0.849. The summed E-state index contributed by atoms with van der Waals surface area (Å²) in [6.07, 6.45) is 6.71. The summed E-state index contributed by atoms with van der Waals surface area (Å²) in [6, 6.07) is 8.50. The lowest BCUT2D eigenvalue weighted by atomic mass is 9.89. The monoisotopic (exact) mass is 227 g/mol. The lowest BCUT2D eigenvalue weighted by Gasteiger charge is -2.25. The molecule has 0 saturated heterocycles. The standard InChI is InChI=1S/C14H17N3/c1-17-9-8-16-13(17)10-14(15)7-6-11-4-2-3-5-12(11)14/h2-5,8-9H,6-7,10,15H2,1H3. The van der Waals surface area contributed by atoms with E-state index in [1.165, 1.54) is 11.1 Å². The molecule has 88 valence electrons. The van der Waals surface area contributed by atoms with Gasteiger partial charge in [-0.2, -0.15) is 0 Å². The molecule has 17 heavy (non-hydrogen) atoms. The molecule has 2 N–H and O–H groups in total. The molecule has 3 nitrogen and oxygen atoms in total. The molecule has 1 heterocycles. The molecule has 0 amide bonds. The number of fused-ring (bicyclic) bond motifs is 1. The van der Waals surface area contributed by atoms with Crippen molar-refractivity contribution in [3.05, 3.63) is 53.6 Å². The van der Waals surface area contributed by atoms with E-state index in [2.05, 4.69) is 33.8 Å². The van der Waals surface area contributed by atoms with Crippen molar-refractivity contribution in [2.75, 3.05) is 0 Å². The second kappa shape index (κ2) is 3.70. The third-order valence-electron chi connectivity index (χ3n) is 3.79. The van der Waals surface area contributed by atoms with Gasteiger partial charge in [-0.15, -0.1) is 0 Å². The number of rotatable bonds is 2. The van der Waals surface area contributed by atoms with E-state index in [0.717, 1.165) is 25.1 Å².